The molecule has 11 heteroatoms. The fraction of sp³-hybridized carbons (Fsp3) is 0.158. The van der Waals surface area contributed by atoms with Gasteiger partial charge in [0.2, 0.25) is 5.91 Å². The number of carbonyl (C=O) groups excluding carboxylic acids is 2. The molecule has 3 amide bonds. The zero-order valence-electron chi connectivity index (χ0n) is 15.3. The van der Waals surface area contributed by atoms with E-state index in [2.05, 4.69) is 20.1 Å². The molecule has 0 aliphatic carbocycles. The molecule has 2 aromatic rings. The predicted octanol–water partition coefficient (Wildman–Crippen LogP) is 3.71. The highest BCUT2D eigenvalue weighted by atomic mass is 19.3. The largest absolute Gasteiger partial charge is 0.435 e. The third-order valence-corrected chi connectivity index (χ3v) is 3.53. The van der Waals surface area contributed by atoms with Crippen LogP contribution in [0.1, 0.15) is 11.1 Å². The molecule has 0 spiro atoms. The molecule has 0 saturated carbocycles. The maximum absolute atomic E-state index is 12.6. The maximum Gasteiger partial charge on any atom is 0.387 e. The molecule has 0 fully saturated rings. The predicted molar refractivity (Wildman–Crippen MR) is 100 cm³/mol. The number of ether oxygens (including phenoxy) is 2. The minimum atomic E-state index is -3.19. The molecule has 0 atom stereocenters. The third kappa shape index (κ3) is 7.70. The van der Waals surface area contributed by atoms with E-state index in [9.17, 15) is 27.2 Å². The molecule has 0 aliphatic rings. The summed E-state index contributed by atoms with van der Waals surface area (Å²) in [6, 6.07) is 9.01. The van der Waals surface area contributed by atoms with Gasteiger partial charge in [-0.25, -0.2) is 4.79 Å². The third-order valence-electron chi connectivity index (χ3n) is 3.53. The lowest BCUT2D eigenvalue weighted by atomic mass is 10.1. The Labute approximate surface area is 168 Å². The Bertz CT molecular complexity index is 905. The van der Waals surface area contributed by atoms with Gasteiger partial charge in [0.1, 0.15) is 11.5 Å². The number of primary amides is 1. The molecule has 0 aromatic heterocycles. The molecule has 0 saturated heterocycles. The van der Waals surface area contributed by atoms with Gasteiger partial charge in [0.25, 0.3) is 0 Å². The Morgan fingerprint density at radius 1 is 1.00 bits per heavy atom. The summed E-state index contributed by atoms with van der Waals surface area (Å²) >= 11 is 0. The highest BCUT2D eigenvalue weighted by Gasteiger charge is 2.12. The number of nitrogens with two attached hydrogens (primary N) is 1. The molecule has 0 aliphatic heterocycles. The molecular weight excluding hydrogens is 410 g/mol. The maximum atomic E-state index is 12.6. The van der Waals surface area contributed by atoms with E-state index in [4.69, 9.17) is 5.73 Å². The molecule has 2 rings (SSSR count). The quantitative estimate of drug-likeness (QED) is 0.419. The van der Waals surface area contributed by atoms with E-state index in [1.54, 1.807) is 24.3 Å². The summed E-state index contributed by atoms with van der Waals surface area (Å²) in [7, 11) is 0. The first-order valence-corrected chi connectivity index (χ1v) is 8.38. The van der Waals surface area contributed by atoms with Crippen LogP contribution in [0.2, 0.25) is 0 Å². The van der Waals surface area contributed by atoms with Gasteiger partial charge in [-0.05, 0) is 35.9 Å². The first-order chi connectivity index (χ1) is 14.2. The molecule has 4 N–H and O–H groups in total. The van der Waals surface area contributed by atoms with Crippen LogP contribution >= 0.6 is 0 Å². The number of amides is 3. The highest BCUT2D eigenvalue weighted by molar-refractivity contribution is 5.92. The van der Waals surface area contributed by atoms with Gasteiger partial charge in [0.05, 0.1) is 0 Å². The summed E-state index contributed by atoms with van der Waals surface area (Å²) in [5, 5.41) is 4.97. The zero-order valence-corrected chi connectivity index (χ0v) is 15.3. The highest BCUT2D eigenvalue weighted by Crippen LogP contribution is 2.28. The molecule has 2 aromatic carbocycles. The van der Waals surface area contributed by atoms with Crippen molar-refractivity contribution in [1.82, 2.24) is 5.32 Å². The lowest BCUT2D eigenvalue weighted by Crippen LogP contribution is -2.20. The van der Waals surface area contributed by atoms with Crippen LogP contribution in [0, 0.1) is 0 Å². The smallest absolute Gasteiger partial charge is 0.387 e. The van der Waals surface area contributed by atoms with E-state index >= 15 is 0 Å². The monoisotopic (exact) mass is 427 g/mol. The van der Waals surface area contributed by atoms with Gasteiger partial charge in [0, 0.05) is 29.9 Å². The molecule has 0 unspecified atom stereocenters. The molecule has 0 heterocycles. The molecule has 0 bridgehead atoms. The summed E-state index contributed by atoms with van der Waals surface area (Å²) in [5.41, 5.74) is 6.28. The summed E-state index contributed by atoms with van der Waals surface area (Å²) in [6.45, 7) is -6.17. The fourth-order valence-electron chi connectivity index (χ4n) is 2.29. The molecule has 0 radical (unpaired) electrons. The Morgan fingerprint density at radius 3 is 2.27 bits per heavy atom. The summed E-state index contributed by atoms with van der Waals surface area (Å²) in [5.74, 6) is -1.33. The second-order valence-corrected chi connectivity index (χ2v) is 5.69. The van der Waals surface area contributed by atoms with Crippen molar-refractivity contribution in [3.63, 3.8) is 0 Å². The number of hydrogen-bond donors (Lipinski definition) is 3. The van der Waals surface area contributed by atoms with E-state index < -0.39 is 30.9 Å². The minimum Gasteiger partial charge on any atom is -0.435 e. The van der Waals surface area contributed by atoms with Crippen LogP contribution in [0.5, 0.6) is 11.5 Å². The molecule has 30 heavy (non-hydrogen) atoms. The molecule has 160 valence electrons. The Hall–Kier alpha value is -3.76. The van der Waals surface area contributed by atoms with E-state index in [0.29, 0.717) is 5.69 Å². The standard InChI is InChI=1S/C19H17F4N3O4/c20-17(21)29-14-7-3-12(15(9-14)30-18(22)23)4-8-16(27)25-10-11-1-5-13(6-2-11)26-19(24)28/h1-9,17-18H,10H2,(H,25,27)(H3,24,26,28)/b8-4+. The van der Waals surface area contributed by atoms with Gasteiger partial charge in [-0.2, -0.15) is 17.6 Å². The van der Waals surface area contributed by atoms with Crippen molar-refractivity contribution >= 4 is 23.7 Å². The Kier molecular flexibility index (Phi) is 8.03. The van der Waals surface area contributed by atoms with Crippen LogP contribution in [-0.2, 0) is 11.3 Å². The number of anilines is 1. The number of nitrogens with one attached hydrogen (secondary N) is 2. The number of alkyl halides is 4. The average molecular weight is 427 g/mol. The van der Waals surface area contributed by atoms with Gasteiger partial charge >= 0.3 is 19.3 Å². The van der Waals surface area contributed by atoms with Gasteiger partial charge in [-0.15, -0.1) is 0 Å². The number of rotatable bonds is 9. The second kappa shape index (κ2) is 10.7. The number of hydrogen-bond acceptors (Lipinski definition) is 4. The summed E-state index contributed by atoms with van der Waals surface area (Å²) in [4.78, 5) is 22.7. The number of carbonyl (C=O) groups is 2. The van der Waals surface area contributed by atoms with Crippen LogP contribution in [-0.4, -0.2) is 25.2 Å². The van der Waals surface area contributed by atoms with Crippen LogP contribution < -0.4 is 25.8 Å². The van der Waals surface area contributed by atoms with Crippen LogP contribution in [0.3, 0.4) is 0 Å². The lowest BCUT2D eigenvalue weighted by Gasteiger charge is -2.11. The zero-order chi connectivity index (χ0) is 22.1. The summed E-state index contributed by atoms with van der Waals surface area (Å²) in [6.07, 6.45) is 2.27. The van der Waals surface area contributed by atoms with E-state index in [-0.39, 0.29) is 17.9 Å². The van der Waals surface area contributed by atoms with E-state index in [1.165, 1.54) is 12.1 Å². The van der Waals surface area contributed by atoms with Crippen molar-refractivity contribution in [3.05, 3.63) is 59.7 Å². The van der Waals surface area contributed by atoms with Gasteiger partial charge in [0.15, 0.2) is 0 Å². The number of benzene rings is 2. The van der Waals surface area contributed by atoms with E-state index in [1.807, 2.05) is 0 Å². The van der Waals surface area contributed by atoms with Gasteiger partial charge < -0.3 is 25.8 Å². The van der Waals surface area contributed by atoms with Crippen molar-refractivity contribution in [2.75, 3.05) is 5.32 Å². The van der Waals surface area contributed by atoms with Crippen LogP contribution in [0.15, 0.2) is 48.5 Å². The van der Waals surface area contributed by atoms with Crippen molar-refractivity contribution in [2.24, 2.45) is 5.73 Å². The van der Waals surface area contributed by atoms with E-state index in [0.717, 1.165) is 23.8 Å². The molecular formula is C19H17F4N3O4. The van der Waals surface area contributed by atoms with Gasteiger partial charge in [-0.1, -0.05) is 12.1 Å². The SMILES string of the molecule is NC(=O)Nc1ccc(CNC(=O)/C=C/c2ccc(OC(F)F)cc2OC(F)F)cc1. The topological polar surface area (TPSA) is 103 Å². The van der Waals surface area contributed by atoms with Crippen molar-refractivity contribution in [1.29, 1.82) is 0 Å². The molecule has 7 nitrogen and oxygen atoms in total. The first kappa shape index (κ1) is 22.5. The fourth-order valence-corrected chi connectivity index (χ4v) is 2.29. The second-order valence-electron chi connectivity index (χ2n) is 5.69. The van der Waals surface area contributed by atoms with Crippen molar-refractivity contribution < 1.29 is 36.6 Å². The Morgan fingerprint density at radius 2 is 1.67 bits per heavy atom. The Balaban J connectivity index is 2.00. The number of halogens is 4. The number of urea groups is 1. The van der Waals surface area contributed by atoms with Crippen molar-refractivity contribution in [2.45, 2.75) is 19.8 Å². The van der Waals surface area contributed by atoms with Crippen LogP contribution in [0.25, 0.3) is 6.08 Å². The summed E-state index contributed by atoms with van der Waals surface area (Å²) < 4.78 is 58.1. The average Bonchev–Trinajstić information content (AvgIpc) is 2.65. The minimum absolute atomic E-state index is 0.0638. The normalized spacial score (nSPS) is 11.0. The van der Waals surface area contributed by atoms with Crippen LogP contribution in [0.4, 0.5) is 28.0 Å². The lowest BCUT2D eigenvalue weighted by molar-refractivity contribution is -0.116. The van der Waals surface area contributed by atoms with Crippen molar-refractivity contribution in [3.8, 4) is 11.5 Å². The first-order valence-electron chi connectivity index (χ1n) is 8.38. The van der Waals surface area contributed by atoms with Gasteiger partial charge in [-0.3, -0.25) is 4.79 Å².